The summed E-state index contributed by atoms with van der Waals surface area (Å²) in [6.07, 6.45) is 8.20. The molecule has 1 heterocycles. The van der Waals surface area contributed by atoms with Crippen molar-refractivity contribution in [2.45, 2.75) is 89.7 Å². The van der Waals surface area contributed by atoms with Crippen molar-refractivity contribution >= 4 is 13.3 Å². The summed E-state index contributed by atoms with van der Waals surface area (Å²) >= 11 is 0. The molecule has 1 aliphatic heterocycles. The molecule has 0 amide bonds. The Bertz CT molecular complexity index is 397. The SMILES string of the molecule is CC12CCC(B3OC(C)(C)C(C)(C)O3)(CC1)CC2.O=C=O. The van der Waals surface area contributed by atoms with Gasteiger partial charge in [-0.25, -0.2) is 0 Å². The van der Waals surface area contributed by atoms with E-state index in [-0.39, 0.29) is 24.5 Å². The number of fused-ring (bicyclic) bond motifs is 3. The zero-order valence-corrected chi connectivity index (χ0v) is 14.0. The Balaban J connectivity index is 0.000000497. The van der Waals surface area contributed by atoms with Gasteiger partial charge in [-0.2, -0.15) is 9.59 Å². The minimum Gasteiger partial charge on any atom is -0.403 e. The quantitative estimate of drug-likeness (QED) is 0.693. The molecule has 4 rings (SSSR count). The zero-order chi connectivity index (χ0) is 15.9. The lowest BCUT2D eigenvalue weighted by atomic mass is 9.41. The lowest BCUT2D eigenvalue weighted by molar-refractivity contribution is -0.191. The molecule has 3 aliphatic carbocycles. The predicted molar refractivity (Wildman–Crippen MR) is 79.6 cm³/mol. The lowest BCUT2D eigenvalue weighted by Gasteiger charge is -2.52. The van der Waals surface area contributed by atoms with Crippen LogP contribution in [0, 0.1) is 5.41 Å². The van der Waals surface area contributed by atoms with E-state index in [0.29, 0.717) is 10.7 Å². The highest BCUT2D eigenvalue weighted by Crippen LogP contribution is 2.64. The first kappa shape index (κ1) is 16.7. The van der Waals surface area contributed by atoms with Crippen molar-refractivity contribution in [1.82, 2.24) is 0 Å². The van der Waals surface area contributed by atoms with Gasteiger partial charge in [0.15, 0.2) is 0 Å². The molecule has 5 heteroatoms. The summed E-state index contributed by atoms with van der Waals surface area (Å²) in [5.74, 6) is 0. The summed E-state index contributed by atoms with van der Waals surface area (Å²) in [7, 11) is 0.0207. The van der Waals surface area contributed by atoms with Crippen LogP contribution in [0.15, 0.2) is 0 Å². The van der Waals surface area contributed by atoms with E-state index < -0.39 is 0 Å². The van der Waals surface area contributed by atoms with Crippen LogP contribution in [0.25, 0.3) is 0 Å². The number of rotatable bonds is 1. The van der Waals surface area contributed by atoms with E-state index in [1.807, 2.05) is 0 Å². The van der Waals surface area contributed by atoms with Gasteiger partial charge in [0, 0.05) is 5.31 Å². The largest absolute Gasteiger partial charge is 0.464 e. The van der Waals surface area contributed by atoms with Gasteiger partial charge in [-0.3, -0.25) is 0 Å². The molecule has 0 atom stereocenters. The van der Waals surface area contributed by atoms with Crippen molar-refractivity contribution in [3.8, 4) is 0 Å². The molecule has 21 heavy (non-hydrogen) atoms. The highest BCUT2D eigenvalue weighted by molar-refractivity contribution is 6.49. The van der Waals surface area contributed by atoms with Crippen LogP contribution < -0.4 is 0 Å². The van der Waals surface area contributed by atoms with Gasteiger partial charge >= 0.3 is 13.3 Å². The molecule has 118 valence electrons. The van der Waals surface area contributed by atoms with Gasteiger partial charge < -0.3 is 9.31 Å². The fraction of sp³-hybridized carbons (Fsp3) is 0.938. The van der Waals surface area contributed by atoms with Gasteiger partial charge in [0.1, 0.15) is 0 Å². The van der Waals surface area contributed by atoms with Crippen molar-refractivity contribution in [2.24, 2.45) is 5.41 Å². The third-order valence-electron chi connectivity index (χ3n) is 6.43. The molecular weight excluding hydrogens is 267 g/mol. The zero-order valence-electron chi connectivity index (χ0n) is 14.0. The van der Waals surface area contributed by atoms with E-state index in [2.05, 4.69) is 34.6 Å². The van der Waals surface area contributed by atoms with Gasteiger partial charge in [0.05, 0.1) is 11.2 Å². The molecular formula is C16H27BO4. The van der Waals surface area contributed by atoms with Gasteiger partial charge in [0.25, 0.3) is 0 Å². The normalized spacial score (nSPS) is 39.4. The third-order valence-corrected chi connectivity index (χ3v) is 6.43. The molecule has 0 spiro atoms. The molecule has 1 saturated heterocycles. The van der Waals surface area contributed by atoms with Crippen molar-refractivity contribution in [2.75, 3.05) is 0 Å². The first-order valence-electron chi connectivity index (χ1n) is 7.95. The van der Waals surface area contributed by atoms with Crippen LogP contribution in [0.1, 0.15) is 73.1 Å². The number of carbonyl (C=O) groups excluding carboxylic acids is 2. The monoisotopic (exact) mass is 294 g/mol. The van der Waals surface area contributed by atoms with Crippen molar-refractivity contribution in [3.05, 3.63) is 0 Å². The minimum atomic E-state index is -0.176. The Morgan fingerprint density at radius 2 is 1.10 bits per heavy atom. The second-order valence-electron chi connectivity index (χ2n) is 8.34. The topological polar surface area (TPSA) is 52.6 Å². The van der Waals surface area contributed by atoms with E-state index in [1.165, 1.54) is 38.5 Å². The molecule has 0 aromatic heterocycles. The van der Waals surface area contributed by atoms with Crippen LogP contribution in [0.4, 0.5) is 0 Å². The summed E-state index contributed by atoms with van der Waals surface area (Å²) < 4.78 is 12.7. The first-order valence-corrected chi connectivity index (χ1v) is 7.95. The van der Waals surface area contributed by atoms with E-state index in [1.54, 1.807) is 0 Å². The molecule has 0 unspecified atom stereocenters. The van der Waals surface area contributed by atoms with Crippen LogP contribution in [0.3, 0.4) is 0 Å². The van der Waals surface area contributed by atoms with Crippen LogP contribution >= 0.6 is 0 Å². The molecule has 0 aromatic rings. The average Bonchev–Trinajstić information content (AvgIpc) is 2.61. The first-order chi connectivity index (χ1) is 9.60. The fourth-order valence-corrected chi connectivity index (χ4v) is 3.85. The van der Waals surface area contributed by atoms with Gasteiger partial charge in [-0.15, -0.1) is 0 Å². The Hall–Kier alpha value is -0.635. The van der Waals surface area contributed by atoms with Crippen LogP contribution in [-0.2, 0) is 18.9 Å². The predicted octanol–water partition coefficient (Wildman–Crippen LogP) is 3.61. The van der Waals surface area contributed by atoms with Gasteiger partial charge in [0.2, 0.25) is 0 Å². The summed E-state index contributed by atoms with van der Waals surface area (Å²) in [6.45, 7) is 11.1. The van der Waals surface area contributed by atoms with Gasteiger partial charge in [-0.05, 0) is 71.6 Å². The van der Waals surface area contributed by atoms with E-state index in [0.717, 1.165) is 0 Å². The second-order valence-corrected chi connectivity index (χ2v) is 8.34. The molecule has 0 radical (unpaired) electrons. The van der Waals surface area contributed by atoms with Crippen molar-refractivity contribution in [1.29, 1.82) is 0 Å². The second kappa shape index (κ2) is 5.22. The van der Waals surface area contributed by atoms with E-state index >= 15 is 0 Å². The Morgan fingerprint density at radius 3 is 1.43 bits per heavy atom. The molecule has 4 nitrogen and oxygen atoms in total. The summed E-state index contributed by atoms with van der Waals surface area (Å²) in [6, 6.07) is 0. The highest BCUT2D eigenvalue weighted by atomic mass is 16.7. The van der Waals surface area contributed by atoms with E-state index in [9.17, 15) is 0 Å². The molecule has 0 aromatic carbocycles. The number of hydrogen-bond acceptors (Lipinski definition) is 4. The molecule has 0 N–H and O–H groups in total. The Morgan fingerprint density at radius 1 is 0.762 bits per heavy atom. The molecule has 4 aliphatic rings. The van der Waals surface area contributed by atoms with E-state index in [4.69, 9.17) is 18.9 Å². The third kappa shape index (κ3) is 2.84. The maximum absolute atomic E-state index is 8.12. The van der Waals surface area contributed by atoms with Crippen LogP contribution in [0.5, 0.6) is 0 Å². The molecule has 4 fully saturated rings. The maximum Gasteiger partial charge on any atom is 0.464 e. The summed E-state index contributed by atoms with van der Waals surface area (Å²) in [4.78, 5) is 16.2. The van der Waals surface area contributed by atoms with Crippen LogP contribution in [0.2, 0.25) is 5.31 Å². The molecule has 3 saturated carbocycles. The summed E-state index contributed by atoms with van der Waals surface area (Å²) in [5.41, 5.74) is 0.265. The molecule has 2 bridgehead atoms. The smallest absolute Gasteiger partial charge is 0.403 e. The maximum atomic E-state index is 8.12. The Labute approximate surface area is 128 Å². The highest BCUT2D eigenvalue weighted by Gasteiger charge is 2.62. The standard InChI is InChI=1S/C15H27BO2.CO2/c1-12(2)13(3,4)18-16(17-12)15-9-6-14(5,7-10-15)8-11-15;2-1-3/h6-11H2,1-5H3;. The van der Waals surface area contributed by atoms with Crippen molar-refractivity contribution in [3.63, 3.8) is 0 Å². The minimum absolute atomic E-state index is 0.0207. The van der Waals surface area contributed by atoms with Crippen LogP contribution in [-0.4, -0.2) is 24.5 Å². The fourth-order valence-electron chi connectivity index (χ4n) is 3.85. The lowest BCUT2D eigenvalue weighted by Crippen LogP contribution is -2.45. The van der Waals surface area contributed by atoms with Gasteiger partial charge in [-0.1, -0.05) is 6.92 Å². The summed E-state index contributed by atoms with van der Waals surface area (Å²) in [5, 5.41) is 0.308. The van der Waals surface area contributed by atoms with Crippen molar-refractivity contribution < 1.29 is 18.9 Å². The Kier molecular flexibility index (Phi) is 4.16. The number of hydrogen-bond donors (Lipinski definition) is 0. The average molecular weight is 294 g/mol.